The highest BCUT2D eigenvalue weighted by Gasteiger charge is 2.19. The molecule has 0 atom stereocenters. The van der Waals surface area contributed by atoms with Gasteiger partial charge in [-0.15, -0.1) is 0 Å². The van der Waals surface area contributed by atoms with E-state index in [2.05, 4.69) is 16.6 Å². The van der Waals surface area contributed by atoms with Crippen molar-refractivity contribution in [1.82, 2.24) is 0 Å². The lowest BCUT2D eigenvalue weighted by atomic mass is 10.4. The molecule has 1 fully saturated rings. The second-order valence-electron chi connectivity index (χ2n) is 2.90. The first kappa shape index (κ1) is 7.30. The zero-order valence-corrected chi connectivity index (χ0v) is 8.59. The molecular weight excluding hydrogens is 177 g/mol. The molecule has 0 aromatic heterocycles. The van der Waals surface area contributed by atoms with Crippen molar-refractivity contribution in [2.24, 2.45) is 0 Å². The van der Waals surface area contributed by atoms with E-state index in [1.807, 2.05) is 0 Å². The minimum Gasteiger partial charge on any atom is -0.0754 e. The van der Waals surface area contributed by atoms with E-state index in [9.17, 15) is 0 Å². The molecule has 2 rings (SSSR count). The van der Waals surface area contributed by atoms with Crippen molar-refractivity contribution in [2.45, 2.75) is 12.8 Å². The molecule has 0 aromatic carbocycles. The summed E-state index contributed by atoms with van der Waals surface area (Å²) < 4.78 is 0. The van der Waals surface area contributed by atoms with Crippen molar-refractivity contribution in [3.8, 4) is 0 Å². The van der Waals surface area contributed by atoms with Gasteiger partial charge < -0.3 is 0 Å². The fraction of sp³-hybridized carbons (Fsp3) is 0.571. The van der Waals surface area contributed by atoms with Crippen LogP contribution < -0.4 is 0 Å². The van der Waals surface area contributed by atoms with Crippen LogP contribution in [0.15, 0.2) is 0 Å². The summed E-state index contributed by atoms with van der Waals surface area (Å²) in [7, 11) is 3.01. The summed E-state index contributed by atoms with van der Waals surface area (Å²) in [6.07, 6.45) is 6.04. The average Bonchev–Trinajstić information content (AvgIpc) is 2.39. The van der Waals surface area contributed by atoms with E-state index in [1.165, 1.54) is 41.6 Å². The lowest BCUT2D eigenvalue weighted by Crippen LogP contribution is -1.87. The zero-order chi connectivity index (χ0) is 6.86. The first-order valence-electron chi connectivity index (χ1n) is 3.68. The molecule has 3 heteroatoms. The third-order valence-corrected chi connectivity index (χ3v) is 10.2. The fourth-order valence-electron chi connectivity index (χ4n) is 1.55. The van der Waals surface area contributed by atoms with Gasteiger partial charge in [-0.05, 0) is 41.8 Å². The molecule has 2 aliphatic heterocycles. The summed E-state index contributed by atoms with van der Waals surface area (Å²) in [6, 6.07) is 0. The van der Waals surface area contributed by atoms with E-state index in [0.717, 1.165) is 0 Å². The molecule has 10 heavy (non-hydrogen) atoms. The van der Waals surface area contributed by atoms with E-state index >= 15 is 0 Å². The average molecular weight is 188 g/mol. The van der Waals surface area contributed by atoms with E-state index in [4.69, 9.17) is 0 Å². The predicted molar refractivity (Wildman–Crippen MR) is 57.9 cm³/mol. The van der Waals surface area contributed by atoms with Crippen LogP contribution in [0.3, 0.4) is 0 Å². The molecule has 0 nitrogen and oxygen atoms in total. The van der Waals surface area contributed by atoms with Gasteiger partial charge in [0.15, 0.2) is 0 Å². The fourth-order valence-corrected chi connectivity index (χ4v) is 10.0. The van der Waals surface area contributed by atoms with Crippen molar-refractivity contribution in [3.05, 3.63) is 0 Å². The van der Waals surface area contributed by atoms with Crippen molar-refractivity contribution in [1.29, 1.82) is 0 Å². The molecule has 0 unspecified atom stereocenters. The Morgan fingerprint density at radius 1 is 1.10 bits per heavy atom. The van der Waals surface area contributed by atoms with Crippen LogP contribution in [0.4, 0.5) is 0 Å². The summed E-state index contributed by atoms with van der Waals surface area (Å²) in [4.78, 5) is 0. The van der Waals surface area contributed by atoms with Crippen molar-refractivity contribution in [2.75, 3.05) is 12.3 Å². The smallest absolute Gasteiger partial charge is 0.00712 e. The quantitative estimate of drug-likeness (QED) is 0.512. The second-order valence-corrected chi connectivity index (χ2v) is 9.37. The normalized spacial score (nSPS) is 30.4. The van der Waals surface area contributed by atoms with E-state index in [0.29, 0.717) is 0 Å². The molecule has 0 aromatic rings. The molecule has 0 bridgehead atoms. The molecule has 0 aliphatic carbocycles. The molecule has 1 spiro atoms. The maximum Gasteiger partial charge on any atom is -0.00712 e. The van der Waals surface area contributed by atoms with Gasteiger partial charge >= 0.3 is 0 Å². The zero-order valence-electron chi connectivity index (χ0n) is 5.90. The van der Waals surface area contributed by atoms with Crippen LogP contribution in [-0.4, -0.2) is 28.9 Å². The standard InChI is InChI=1S/C7H11P3/c1-2-4-10(3-1)6-8-5-9-7-10/h5-7H,1-4H2. The van der Waals surface area contributed by atoms with Crippen LogP contribution in [0.1, 0.15) is 12.8 Å². The van der Waals surface area contributed by atoms with Gasteiger partial charge in [-0.1, -0.05) is 23.3 Å². The van der Waals surface area contributed by atoms with Crippen LogP contribution in [-0.2, 0) is 0 Å². The molecular formula is C7H11P3. The van der Waals surface area contributed by atoms with Gasteiger partial charge in [0.25, 0.3) is 0 Å². The Bertz CT molecular complexity index is 227. The highest BCUT2D eigenvalue weighted by Crippen LogP contribution is 2.54. The van der Waals surface area contributed by atoms with Gasteiger partial charge in [0, 0.05) is 0 Å². The second kappa shape index (κ2) is 2.94. The van der Waals surface area contributed by atoms with Gasteiger partial charge in [-0.2, -0.15) is 0 Å². The highest BCUT2D eigenvalue weighted by atomic mass is 31.2. The minimum absolute atomic E-state index is 0.547. The van der Waals surface area contributed by atoms with Crippen LogP contribution in [0.2, 0.25) is 0 Å². The predicted octanol–water partition coefficient (Wildman–Crippen LogP) is 2.98. The molecule has 2 heterocycles. The van der Waals surface area contributed by atoms with Gasteiger partial charge in [0.1, 0.15) is 0 Å². The minimum atomic E-state index is -0.547. The van der Waals surface area contributed by atoms with Gasteiger partial charge in [0.2, 0.25) is 0 Å². The summed E-state index contributed by atoms with van der Waals surface area (Å²) in [5.41, 5.74) is 7.52. The molecule has 0 N–H and O–H groups in total. The Hall–Kier alpha value is 0.640. The van der Waals surface area contributed by atoms with Crippen molar-refractivity contribution in [3.63, 3.8) is 0 Å². The lowest BCUT2D eigenvalue weighted by Gasteiger charge is -2.13. The monoisotopic (exact) mass is 188 g/mol. The number of rotatable bonds is 0. The third kappa shape index (κ3) is 1.31. The Morgan fingerprint density at radius 3 is 2.50 bits per heavy atom. The Labute approximate surface area is 65.6 Å². The van der Waals surface area contributed by atoms with E-state index in [-0.39, 0.29) is 0 Å². The van der Waals surface area contributed by atoms with Crippen LogP contribution >= 0.6 is 23.3 Å². The number of hydrogen-bond donors (Lipinski definition) is 0. The van der Waals surface area contributed by atoms with Gasteiger partial charge in [0.05, 0.1) is 0 Å². The third-order valence-electron chi connectivity index (χ3n) is 2.13. The molecule has 54 valence electrons. The largest absolute Gasteiger partial charge is 0.0754 e. The van der Waals surface area contributed by atoms with Gasteiger partial charge in [-0.25, -0.2) is 0 Å². The first-order chi connectivity index (χ1) is 4.91. The molecule has 1 saturated heterocycles. The maximum atomic E-state index is 2.59. The molecule has 0 amide bonds. The first-order valence-corrected chi connectivity index (χ1v) is 8.04. The highest BCUT2D eigenvalue weighted by molar-refractivity contribution is 8.06. The van der Waals surface area contributed by atoms with Crippen molar-refractivity contribution >= 4 is 39.9 Å². The van der Waals surface area contributed by atoms with E-state index in [1.54, 1.807) is 0 Å². The molecule has 2 aliphatic rings. The van der Waals surface area contributed by atoms with Crippen molar-refractivity contribution < 1.29 is 0 Å². The van der Waals surface area contributed by atoms with E-state index < -0.39 is 6.89 Å². The summed E-state index contributed by atoms with van der Waals surface area (Å²) in [6.45, 7) is -0.547. The lowest BCUT2D eigenvalue weighted by molar-refractivity contribution is 0.949. The van der Waals surface area contributed by atoms with Gasteiger partial charge in [-0.3, -0.25) is 0 Å². The van der Waals surface area contributed by atoms with Crippen LogP contribution in [0.5, 0.6) is 0 Å². The summed E-state index contributed by atoms with van der Waals surface area (Å²) in [5.74, 6) is 0. The molecule has 0 saturated carbocycles. The van der Waals surface area contributed by atoms with Crippen LogP contribution in [0, 0.1) is 0 Å². The molecule has 0 radical (unpaired) electrons. The van der Waals surface area contributed by atoms with Crippen LogP contribution in [0.25, 0.3) is 0 Å². The summed E-state index contributed by atoms with van der Waals surface area (Å²) >= 11 is 0. The summed E-state index contributed by atoms with van der Waals surface area (Å²) in [5, 5.41) is 0. The Kier molecular flexibility index (Phi) is 2.15. The topological polar surface area (TPSA) is 0 Å². The number of hydrogen-bond acceptors (Lipinski definition) is 0. The Morgan fingerprint density at radius 2 is 1.90 bits per heavy atom. The maximum absolute atomic E-state index is 2.59. The SMILES string of the molecule is C1=PC=P2(C=P1)CCCC2. The Balaban J connectivity index is 2.37.